The van der Waals surface area contributed by atoms with Gasteiger partial charge >= 0.3 is 0 Å². The summed E-state index contributed by atoms with van der Waals surface area (Å²) in [5.41, 5.74) is 0. The van der Waals surface area contributed by atoms with Crippen molar-refractivity contribution in [2.24, 2.45) is 5.92 Å². The van der Waals surface area contributed by atoms with E-state index in [4.69, 9.17) is 16.7 Å². The predicted octanol–water partition coefficient (Wildman–Crippen LogP) is 2.41. The Kier molecular flexibility index (Phi) is 7.54. The lowest BCUT2D eigenvalue weighted by Gasteiger charge is -2.04. The third-order valence-electron chi connectivity index (χ3n) is 1.62. The first kappa shape index (κ1) is 10.2. The van der Waals surface area contributed by atoms with Crippen molar-refractivity contribution in [1.82, 2.24) is 0 Å². The Hall–Kier alpha value is 0.250. The van der Waals surface area contributed by atoms with E-state index in [1.165, 1.54) is 12.8 Å². The van der Waals surface area contributed by atoms with Gasteiger partial charge in [0.1, 0.15) is 0 Å². The molecule has 0 saturated carbocycles. The normalized spacial score (nSPS) is 13.5. The fourth-order valence-corrected chi connectivity index (χ4v) is 1.01. The molecule has 0 amide bonds. The minimum Gasteiger partial charge on any atom is -0.396 e. The highest BCUT2D eigenvalue weighted by atomic mass is 35.5. The third kappa shape index (κ3) is 6.37. The maximum Gasteiger partial charge on any atom is 0.0431 e. The van der Waals surface area contributed by atoms with E-state index in [0.717, 1.165) is 18.7 Å². The number of alkyl halides is 1. The molecule has 1 N–H and O–H groups in total. The minimum atomic E-state index is 0.329. The molecule has 0 aliphatic carbocycles. The van der Waals surface area contributed by atoms with Gasteiger partial charge in [0, 0.05) is 12.5 Å². The molecular weight excluding hydrogens is 148 g/mol. The Bertz CT molecular complexity index is 66.3. The van der Waals surface area contributed by atoms with Gasteiger partial charge in [0.2, 0.25) is 0 Å². The highest BCUT2D eigenvalue weighted by molar-refractivity contribution is 6.18. The van der Waals surface area contributed by atoms with Crippen LogP contribution in [0.3, 0.4) is 0 Å². The molecule has 0 rings (SSSR count). The van der Waals surface area contributed by atoms with Crippen LogP contribution >= 0.6 is 11.6 Å². The molecule has 0 unspecified atom stereocenters. The lowest BCUT2D eigenvalue weighted by Crippen LogP contribution is -1.95. The van der Waals surface area contributed by atoms with Crippen LogP contribution in [0.15, 0.2) is 0 Å². The first-order valence-corrected chi connectivity index (χ1v) is 4.51. The maximum absolute atomic E-state index is 8.46. The summed E-state index contributed by atoms with van der Waals surface area (Å²) in [5, 5.41) is 8.46. The third-order valence-corrected chi connectivity index (χ3v) is 2.15. The second-order valence-electron chi connectivity index (χ2n) is 2.83. The molecule has 0 aliphatic rings. The van der Waals surface area contributed by atoms with Crippen molar-refractivity contribution in [2.45, 2.75) is 32.6 Å². The van der Waals surface area contributed by atoms with Crippen LogP contribution in [0.5, 0.6) is 0 Å². The zero-order valence-corrected chi connectivity index (χ0v) is 7.40. The zero-order chi connectivity index (χ0) is 7.82. The van der Waals surface area contributed by atoms with Gasteiger partial charge in [-0.25, -0.2) is 0 Å². The number of hydrogen-bond acceptors (Lipinski definition) is 1. The van der Waals surface area contributed by atoms with Gasteiger partial charge in [0.15, 0.2) is 0 Å². The van der Waals surface area contributed by atoms with Crippen LogP contribution in [0.2, 0.25) is 0 Å². The highest BCUT2D eigenvalue weighted by Crippen LogP contribution is 2.09. The molecule has 0 saturated heterocycles. The van der Waals surface area contributed by atoms with Gasteiger partial charge in [-0.15, -0.1) is 11.6 Å². The van der Waals surface area contributed by atoms with Gasteiger partial charge in [0.05, 0.1) is 0 Å². The lowest BCUT2D eigenvalue weighted by molar-refractivity contribution is 0.281. The van der Waals surface area contributed by atoms with Crippen LogP contribution in [0.1, 0.15) is 32.6 Å². The van der Waals surface area contributed by atoms with Crippen molar-refractivity contribution >= 4 is 11.6 Å². The van der Waals surface area contributed by atoms with Gasteiger partial charge in [-0.1, -0.05) is 19.8 Å². The fourth-order valence-electron chi connectivity index (χ4n) is 0.859. The van der Waals surface area contributed by atoms with Crippen LogP contribution in [-0.4, -0.2) is 17.6 Å². The molecule has 0 heterocycles. The quantitative estimate of drug-likeness (QED) is 0.472. The predicted molar refractivity (Wildman–Crippen MR) is 45.4 cm³/mol. The monoisotopic (exact) mass is 164 g/mol. The van der Waals surface area contributed by atoms with E-state index in [1.54, 1.807) is 0 Å². The highest BCUT2D eigenvalue weighted by Gasteiger charge is 1.97. The first-order chi connectivity index (χ1) is 4.81. The Morgan fingerprint density at radius 3 is 2.50 bits per heavy atom. The van der Waals surface area contributed by atoms with E-state index in [0.29, 0.717) is 12.5 Å². The molecule has 0 aromatic heterocycles. The molecule has 2 heteroatoms. The fraction of sp³-hybridized carbons (Fsp3) is 1.00. The maximum atomic E-state index is 8.46. The van der Waals surface area contributed by atoms with Gasteiger partial charge in [-0.05, 0) is 18.8 Å². The number of unbranched alkanes of at least 4 members (excludes halogenated alkanes) is 2. The summed E-state index contributed by atoms with van der Waals surface area (Å²) in [6, 6.07) is 0. The molecule has 0 spiro atoms. The number of aliphatic hydroxyl groups excluding tert-OH is 1. The lowest BCUT2D eigenvalue weighted by atomic mass is 10.1. The van der Waals surface area contributed by atoms with E-state index < -0.39 is 0 Å². The molecule has 0 aliphatic heterocycles. The Balaban J connectivity index is 2.89. The van der Waals surface area contributed by atoms with Gasteiger partial charge in [-0.2, -0.15) is 0 Å². The van der Waals surface area contributed by atoms with E-state index in [1.807, 2.05) is 0 Å². The summed E-state index contributed by atoms with van der Waals surface area (Å²) in [4.78, 5) is 0. The van der Waals surface area contributed by atoms with Crippen LogP contribution in [0.25, 0.3) is 0 Å². The van der Waals surface area contributed by atoms with Crippen LogP contribution < -0.4 is 0 Å². The number of rotatable bonds is 6. The second kappa shape index (κ2) is 7.36. The van der Waals surface area contributed by atoms with Crippen LogP contribution in [0.4, 0.5) is 0 Å². The second-order valence-corrected chi connectivity index (χ2v) is 3.14. The molecule has 0 bridgehead atoms. The average molecular weight is 165 g/mol. The van der Waals surface area contributed by atoms with Gasteiger partial charge in [0.25, 0.3) is 0 Å². The van der Waals surface area contributed by atoms with E-state index in [-0.39, 0.29) is 0 Å². The smallest absolute Gasteiger partial charge is 0.0431 e. The molecular formula is C8H17ClO. The van der Waals surface area contributed by atoms with Crippen LogP contribution in [-0.2, 0) is 0 Å². The Morgan fingerprint density at radius 2 is 2.00 bits per heavy atom. The SMILES string of the molecule is C[C@H](CCl)CCCCCO. The number of aliphatic hydroxyl groups is 1. The summed E-state index contributed by atoms with van der Waals surface area (Å²) in [6.45, 7) is 2.49. The van der Waals surface area contributed by atoms with Gasteiger partial charge in [-0.3, -0.25) is 0 Å². The number of halogens is 1. The molecule has 1 nitrogen and oxygen atoms in total. The minimum absolute atomic E-state index is 0.329. The van der Waals surface area contributed by atoms with E-state index in [2.05, 4.69) is 6.92 Å². The molecule has 0 aromatic carbocycles. The van der Waals surface area contributed by atoms with Crippen molar-refractivity contribution in [3.63, 3.8) is 0 Å². The molecule has 10 heavy (non-hydrogen) atoms. The van der Waals surface area contributed by atoms with Crippen molar-refractivity contribution in [3.8, 4) is 0 Å². The Morgan fingerprint density at radius 1 is 1.30 bits per heavy atom. The molecule has 0 fully saturated rings. The molecule has 1 atom stereocenters. The summed E-state index contributed by atoms with van der Waals surface area (Å²) >= 11 is 5.62. The zero-order valence-electron chi connectivity index (χ0n) is 6.65. The molecule has 0 aromatic rings. The summed E-state index contributed by atoms with van der Waals surface area (Å²) in [7, 11) is 0. The van der Waals surface area contributed by atoms with E-state index in [9.17, 15) is 0 Å². The topological polar surface area (TPSA) is 20.2 Å². The average Bonchev–Trinajstić information content (AvgIpc) is 1.98. The summed E-state index contributed by atoms with van der Waals surface area (Å²) in [6.07, 6.45) is 4.48. The standard InChI is InChI=1S/C8H17ClO/c1-8(7-9)5-3-2-4-6-10/h8,10H,2-7H2,1H3/t8-/m0/s1. The molecule has 62 valence electrons. The first-order valence-electron chi connectivity index (χ1n) is 3.98. The van der Waals surface area contributed by atoms with Crippen molar-refractivity contribution < 1.29 is 5.11 Å². The molecule has 0 radical (unpaired) electrons. The van der Waals surface area contributed by atoms with Crippen LogP contribution in [0, 0.1) is 5.92 Å². The summed E-state index contributed by atoms with van der Waals surface area (Å²) in [5.74, 6) is 1.40. The largest absolute Gasteiger partial charge is 0.396 e. The number of hydrogen-bond donors (Lipinski definition) is 1. The Labute approximate surface area is 68.4 Å². The van der Waals surface area contributed by atoms with Crippen molar-refractivity contribution in [2.75, 3.05) is 12.5 Å². The van der Waals surface area contributed by atoms with E-state index >= 15 is 0 Å². The van der Waals surface area contributed by atoms with Crippen molar-refractivity contribution in [1.29, 1.82) is 0 Å². The van der Waals surface area contributed by atoms with Crippen molar-refractivity contribution in [3.05, 3.63) is 0 Å². The summed E-state index contributed by atoms with van der Waals surface area (Å²) < 4.78 is 0. The van der Waals surface area contributed by atoms with Gasteiger partial charge < -0.3 is 5.11 Å².